The van der Waals surface area contributed by atoms with Crippen LogP contribution in [0, 0.1) is 6.92 Å². The Bertz CT molecular complexity index is 440. The lowest BCUT2D eigenvalue weighted by Gasteiger charge is -2.28. The van der Waals surface area contributed by atoms with Crippen molar-refractivity contribution in [3.8, 4) is 0 Å². The molecule has 1 fully saturated rings. The third-order valence-corrected chi connectivity index (χ3v) is 4.53. The van der Waals surface area contributed by atoms with E-state index in [1.54, 1.807) is 0 Å². The highest BCUT2D eigenvalue weighted by Gasteiger charge is 2.17. The van der Waals surface area contributed by atoms with Gasteiger partial charge in [0.05, 0.1) is 0 Å². The topological polar surface area (TPSA) is 45.2 Å². The van der Waals surface area contributed by atoms with E-state index in [1.807, 2.05) is 6.92 Å². The maximum atomic E-state index is 11.4. The van der Waals surface area contributed by atoms with Crippen LogP contribution in [0.2, 0.25) is 0 Å². The second-order valence-corrected chi connectivity index (χ2v) is 6.68. The molecule has 1 aromatic rings. The van der Waals surface area contributed by atoms with E-state index in [2.05, 4.69) is 34.3 Å². The average molecular weight is 281 g/mol. The first kappa shape index (κ1) is 14.5. The molecule has 1 saturated heterocycles. The fourth-order valence-corrected chi connectivity index (χ4v) is 3.31. The monoisotopic (exact) mass is 281 g/mol. The van der Waals surface area contributed by atoms with Gasteiger partial charge in [0.15, 0.2) is 0 Å². The Morgan fingerprint density at radius 2 is 2.11 bits per heavy atom. The molecule has 2 heterocycles. The molecule has 0 atom stereocenters. The average Bonchev–Trinajstić information content (AvgIpc) is 2.39. The Balaban J connectivity index is 2.05. The summed E-state index contributed by atoms with van der Waals surface area (Å²) < 4.78 is 11.4. The van der Waals surface area contributed by atoms with Gasteiger partial charge in [0, 0.05) is 47.6 Å². The fourth-order valence-electron chi connectivity index (χ4n) is 2.26. The molecule has 2 rings (SSSR count). The van der Waals surface area contributed by atoms with Crippen molar-refractivity contribution in [1.29, 1.82) is 0 Å². The van der Waals surface area contributed by atoms with Crippen LogP contribution >= 0.6 is 0 Å². The van der Waals surface area contributed by atoms with E-state index in [-0.39, 0.29) is 0 Å². The van der Waals surface area contributed by atoms with E-state index >= 15 is 0 Å². The molecule has 1 aromatic heterocycles. The molecule has 0 aliphatic carbocycles. The van der Waals surface area contributed by atoms with Crippen LogP contribution in [-0.4, -0.2) is 40.3 Å². The van der Waals surface area contributed by atoms with Gasteiger partial charge in [-0.25, -0.2) is 4.98 Å². The lowest BCUT2D eigenvalue weighted by Crippen LogP contribution is -2.38. The molecule has 0 unspecified atom stereocenters. The number of aryl methyl sites for hydroxylation is 1. The largest absolute Gasteiger partial charge is 0.355 e. The van der Waals surface area contributed by atoms with Gasteiger partial charge in [0.25, 0.3) is 0 Å². The fraction of sp³-hybridized carbons (Fsp3) is 0.643. The SMILES string of the molecule is CCCNCc1cc(C)nc(N2CCS(=O)CC2)c1. The van der Waals surface area contributed by atoms with Crippen molar-refractivity contribution < 1.29 is 4.21 Å². The maximum absolute atomic E-state index is 11.4. The highest BCUT2D eigenvalue weighted by Crippen LogP contribution is 2.17. The Labute approximate surface area is 118 Å². The van der Waals surface area contributed by atoms with Crippen molar-refractivity contribution in [3.63, 3.8) is 0 Å². The summed E-state index contributed by atoms with van der Waals surface area (Å²) in [5.74, 6) is 2.56. The van der Waals surface area contributed by atoms with Crippen molar-refractivity contribution >= 4 is 16.6 Å². The van der Waals surface area contributed by atoms with Crippen LogP contribution in [-0.2, 0) is 17.3 Å². The zero-order valence-electron chi connectivity index (χ0n) is 11.8. The minimum absolute atomic E-state index is 0.633. The molecule has 1 aliphatic heterocycles. The predicted molar refractivity (Wildman–Crippen MR) is 81.1 cm³/mol. The number of hydrogen-bond acceptors (Lipinski definition) is 4. The van der Waals surface area contributed by atoms with Crippen molar-refractivity contribution in [3.05, 3.63) is 23.4 Å². The minimum Gasteiger partial charge on any atom is -0.355 e. The van der Waals surface area contributed by atoms with Gasteiger partial charge >= 0.3 is 0 Å². The predicted octanol–water partition coefficient (Wildman–Crippen LogP) is 1.46. The maximum Gasteiger partial charge on any atom is 0.129 e. The molecule has 5 heteroatoms. The van der Waals surface area contributed by atoms with E-state index in [0.29, 0.717) is 0 Å². The summed E-state index contributed by atoms with van der Waals surface area (Å²) in [6, 6.07) is 4.29. The first-order chi connectivity index (χ1) is 9.19. The summed E-state index contributed by atoms with van der Waals surface area (Å²) in [6.45, 7) is 7.85. The van der Waals surface area contributed by atoms with Gasteiger partial charge in [-0.3, -0.25) is 4.21 Å². The van der Waals surface area contributed by atoms with Gasteiger partial charge < -0.3 is 10.2 Å². The first-order valence-electron chi connectivity index (χ1n) is 6.97. The van der Waals surface area contributed by atoms with Crippen molar-refractivity contribution in [2.24, 2.45) is 0 Å². The molecule has 0 radical (unpaired) electrons. The molecule has 1 N–H and O–H groups in total. The van der Waals surface area contributed by atoms with Crippen LogP contribution in [0.25, 0.3) is 0 Å². The summed E-state index contributed by atoms with van der Waals surface area (Å²) in [6.07, 6.45) is 1.15. The van der Waals surface area contributed by atoms with Crippen LogP contribution in [0.5, 0.6) is 0 Å². The lowest BCUT2D eigenvalue weighted by atomic mass is 10.2. The number of rotatable bonds is 5. The number of pyridine rings is 1. The minimum atomic E-state index is -0.633. The van der Waals surface area contributed by atoms with Crippen molar-refractivity contribution in [2.45, 2.75) is 26.8 Å². The van der Waals surface area contributed by atoms with Gasteiger partial charge in [0.1, 0.15) is 5.82 Å². The zero-order chi connectivity index (χ0) is 13.7. The molecule has 106 valence electrons. The highest BCUT2D eigenvalue weighted by molar-refractivity contribution is 7.85. The lowest BCUT2D eigenvalue weighted by molar-refractivity contribution is 0.669. The van der Waals surface area contributed by atoms with Gasteiger partial charge in [-0.1, -0.05) is 6.92 Å². The highest BCUT2D eigenvalue weighted by atomic mass is 32.2. The Kier molecular flexibility index (Phi) is 5.34. The van der Waals surface area contributed by atoms with Gasteiger partial charge in [-0.15, -0.1) is 0 Å². The van der Waals surface area contributed by atoms with Crippen LogP contribution in [0.1, 0.15) is 24.6 Å². The van der Waals surface area contributed by atoms with E-state index in [9.17, 15) is 4.21 Å². The van der Waals surface area contributed by atoms with Gasteiger partial charge in [-0.2, -0.15) is 0 Å². The van der Waals surface area contributed by atoms with Gasteiger partial charge in [0.2, 0.25) is 0 Å². The van der Waals surface area contributed by atoms with Gasteiger partial charge in [-0.05, 0) is 37.6 Å². The summed E-state index contributed by atoms with van der Waals surface area (Å²) in [5, 5.41) is 3.42. The van der Waals surface area contributed by atoms with E-state index in [1.165, 1.54) is 5.56 Å². The van der Waals surface area contributed by atoms with E-state index < -0.39 is 10.8 Å². The summed E-state index contributed by atoms with van der Waals surface area (Å²) in [4.78, 5) is 6.86. The number of anilines is 1. The smallest absolute Gasteiger partial charge is 0.129 e. The molecule has 0 aromatic carbocycles. The molecule has 0 amide bonds. The quantitative estimate of drug-likeness (QED) is 0.830. The summed E-state index contributed by atoms with van der Waals surface area (Å²) in [7, 11) is -0.633. The Morgan fingerprint density at radius 1 is 1.37 bits per heavy atom. The molecule has 0 saturated carbocycles. The second kappa shape index (κ2) is 7.01. The third-order valence-electron chi connectivity index (χ3n) is 3.26. The van der Waals surface area contributed by atoms with Crippen LogP contribution in [0.4, 0.5) is 5.82 Å². The number of aromatic nitrogens is 1. The molecule has 4 nitrogen and oxygen atoms in total. The van der Waals surface area contributed by atoms with Crippen LogP contribution in [0.15, 0.2) is 12.1 Å². The molecule has 0 bridgehead atoms. The Hall–Kier alpha value is -0.940. The standard InChI is InChI=1S/C14H23N3OS/c1-3-4-15-11-13-9-12(2)16-14(10-13)17-5-7-19(18)8-6-17/h9-10,15H,3-8,11H2,1-2H3. The number of nitrogens with zero attached hydrogens (tertiary/aromatic N) is 2. The molecule has 19 heavy (non-hydrogen) atoms. The van der Waals surface area contributed by atoms with Crippen LogP contribution in [0.3, 0.4) is 0 Å². The number of nitrogens with one attached hydrogen (secondary N) is 1. The summed E-state index contributed by atoms with van der Waals surface area (Å²) >= 11 is 0. The zero-order valence-corrected chi connectivity index (χ0v) is 12.6. The van der Waals surface area contributed by atoms with E-state index in [4.69, 9.17) is 0 Å². The van der Waals surface area contributed by atoms with Crippen LogP contribution < -0.4 is 10.2 Å². The molecule has 1 aliphatic rings. The Morgan fingerprint density at radius 3 is 2.79 bits per heavy atom. The summed E-state index contributed by atoms with van der Waals surface area (Å²) in [5.41, 5.74) is 2.33. The van der Waals surface area contributed by atoms with Crippen molar-refractivity contribution in [1.82, 2.24) is 10.3 Å². The normalized spacial score (nSPS) is 16.8. The molecular weight excluding hydrogens is 258 g/mol. The second-order valence-electron chi connectivity index (χ2n) is 4.99. The third kappa shape index (κ3) is 4.28. The first-order valence-corrected chi connectivity index (χ1v) is 8.46. The molecular formula is C14H23N3OS. The van der Waals surface area contributed by atoms with E-state index in [0.717, 1.165) is 55.6 Å². The van der Waals surface area contributed by atoms with Crippen molar-refractivity contribution in [2.75, 3.05) is 36.0 Å². The molecule has 0 spiro atoms. The number of hydrogen-bond donors (Lipinski definition) is 1.